The Kier molecular flexibility index (Phi) is 6.81. The minimum Gasteiger partial charge on any atom is -0.343 e. The van der Waals surface area contributed by atoms with E-state index in [0.717, 1.165) is 31.5 Å². The first-order valence-corrected chi connectivity index (χ1v) is 8.84. The van der Waals surface area contributed by atoms with Crippen LogP contribution in [-0.2, 0) is 4.79 Å². The number of carbonyl (C=O) groups excluding carboxylic acids is 1. The Labute approximate surface area is 135 Å². The van der Waals surface area contributed by atoms with E-state index >= 15 is 0 Å². The predicted octanol–water partition coefficient (Wildman–Crippen LogP) is 3.37. The van der Waals surface area contributed by atoms with E-state index in [0.29, 0.717) is 11.8 Å². The van der Waals surface area contributed by atoms with Gasteiger partial charge in [-0.05, 0) is 56.9 Å². The molecule has 0 radical (unpaired) electrons. The van der Waals surface area contributed by atoms with Gasteiger partial charge in [-0.25, -0.2) is 0 Å². The van der Waals surface area contributed by atoms with Gasteiger partial charge in [0, 0.05) is 25.6 Å². The zero-order valence-electron chi connectivity index (χ0n) is 13.2. The zero-order valence-corrected chi connectivity index (χ0v) is 14.0. The van der Waals surface area contributed by atoms with Crippen LogP contribution in [0.1, 0.15) is 64.2 Å². The van der Waals surface area contributed by atoms with Crippen LogP contribution < -0.4 is 5.32 Å². The molecule has 1 atom stereocenters. The number of hydrogen-bond acceptors (Lipinski definition) is 2. The molecule has 0 bridgehead atoms. The molecule has 3 rings (SSSR count). The average molecular weight is 315 g/mol. The van der Waals surface area contributed by atoms with Crippen molar-refractivity contribution in [2.45, 2.75) is 70.3 Å². The van der Waals surface area contributed by atoms with Crippen molar-refractivity contribution in [3.05, 3.63) is 0 Å². The Hall–Kier alpha value is -0.280. The minimum atomic E-state index is 0. The molecule has 2 aliphatic heterocycles. The van der Waals surface area contributed by atoms with E-state index in [-0.39, 0.29) is 12.4 Å². The zero-order chi connectivity index (χ0) is 13.8. The lowest BCUT2D eigenvalue weighted by Crippen LogP contribution is -2.43. The SMILES string of the molecule is Cl.O=C(CC1CCCCC1)N1CCC(C2CCCN2)CC1. The minimum absolute atomic E-state index is 0. The van der Waals surface area contributed by atoms with Crippen LogP contribution in [0.3, 0.4) is 0 Å². The number of carbonyl (C=O) groups is 1. The highest BCUT2D eigenvalue weighted by Crippen LogP contribution is 2.29. The number of nitrogens with zero attached hydrogens (tertiary/aromatic N) is 1. The van der Waals surface area contributed by atoms with E-state index in [1.165, 1.54) is 64.3 Å². The van der Waals surface area contributed by atoms with Gasteiger partial charge in [-0.15, -0.1) is 12.4 Å². The highest BCUT2D eigenvalue weighted by molar-refractivity contribution is 5.85. The molecule has 21 heavy (non-hydrogen) atoms. The summed E-state index contributed by atoms with van der Waals surface area (Å²) in [6.45, 7) is 3.22. The molecule has 1 saturated carbocycles. The number of halogens is 1. The monoisotopic (exact) mass is 314 g/mol. The molecule has 1 aliphatic carbocycles. The van der Waals surface area contributed by atoms with Gasteiger partial charge in [0.05, 0.1) is 0 Å². The van der Waals surface area contributed by atoms with E-state index in [9.17, 15) is 4.79 Å². The molecule has 122 valence electrons. The van der Waals surface area contributed by atoms with E-state index in [1.807, 2.05) is 0 Å². The third kappa shape index (κ3) is 4.59. The number of piperidine rings is 1. The van der Waals surface area contributed by atoms with Crippen molar-refractivity contribution in [2.24, 2.45) is 11.8 Å². The molecule has 0 spiro atoms. The lowest BCUT2D eigenvalue weighted by atomic mass is 9.85. The quantitative estimate of drug-likeness (QED) is 0.866. The molecular formula is C17H31ClN2O. The highest BCUT2D eigenvalue weighted by Gasteiger charge is 2.30. The Balaban J connectivity index is 0.00000161. The van der Waals surface area contributed by atoms with E-state index in [1.54, 1.807) is 0 Å². The summed E-state index contributed by atoms with van der Waals surface area (Å²) in [5.74, 6) is 1.94. The third-order valence-corrected chi connectivity index (χ3v) is 5.75. The molecule has 0 aromatic heterocycles. The van der Waals surface area contributed by atoms with Crippen LogP contribution in [0, 0.1) is 11.8 Å². The van der Waals surface area contributed by atoms with E-state index < -0.39 is 0 Å². The molecule has 1 N–H and O–H groups in total. The average Bonchev–Trinajstić information content (AvgIpc) is 3.03. The van der Waals surface area contributed by atoms with Crippen LogP contribution in [0.2, 0.25) is 0 Å². The van der Waals surface area contributed by atoms with Crippen LogP contribution in [0.25, 0.3) is 0 Å². The Morgan fingerprint density at radius 2 is 1.67 bits per heavy atom. The van der Waals surface area contributed by atoms with Gasteiger partial charge in [0.1, 0.15) is 0 Å². The standard InChI is InChI=1S/C17H30N2O.ClH/c20-17(13-14-5-2-1-3-6-14)19-11-8-15(9-12-19)16-7-4-10-18-16;/h14-16,18H,1-13H2;1H. The van der Waals surface area contributed by atoms with E-state index in [2.05, 4.69) is 10.2 Å². The van der Waals surface area contributed by atoms with Crippen LogP contribution in [0.5, 0.6) is 0 Å². The summed E-state index contributed by atoms with van der Waals surface area (Å²) < 4.78 is 0. The van der Waals surface area contributed by atoms with Gasteiger partial charge in [-0.1, -0.05) is 19.3 Å². The number of rotatable bonds is 3. The molecule has 3 aliphatic rings. The summed E-state index contributed by atoms with van der Waals surface area (Å²) in [6, 6.07) is 0.741. The maximum atomic E-state index is 12.4. The maximum absolute atomic E-state index is 12.4. The molecular weight excluding hydrogens is 284 g/mol. The van der Waals surface area contributed by atoms with Crippen molar-refractivity contribution in [1.82, 2.24) is 10.2 Å². The number of likely N-dealkylation sites (tertiary alicyclic amines) is 1. The first-order chi connectivity index (χ1) is 9.83. The van der Waals surface area contributed by atoms with Gasteiger partial charge < -0.3 is 10.2 Å². The first-order valence-electron chi connectivity index (χ1n) is 8.84. The molecule has 3 fully saturated rings. The van der Waals surface area contributed by atoms with Gasteiger partial charge in [-0.3, -0.25) is 4.79 Å². The maximum Gasteiger partial charge on any atom is 0.222 e. The molecule has 3 nitrogen and oxygen atoms in total. The van der Waals surface area contributed by atoms with Crippen molar-refractivity contribution >= 4 is 18.3 Å². The number of amides is 1. The lowest BCUT2D eigenvalue weighted by Gasteiger charge is -2.35. The first kappa shape index (κ1) is 17.1. The van der Waals surface area contributed by atoms with Gasteiger partial charge in [0.25, 0.3) is 0 Å². The van der Waals surface area contributed by atoms with Crippen molar-refractivity contribution in [3.8, 4) is 0 Å². The van der Waals surface area contributed by atoms with Crippen molar-refractivity contribution in [1.29, 1.82) is 0 Å². The molecule has 2 heterocycles. The van der Waals surface area contributed by atoms with Gasteiger partial charge in [0.15, 0.2) is 0 Å². The molecule has 1 amide bonds. The summed E-state index contributed by atoms with van der Waals surface area (Å²) in [7, 11) is 0. The fraction of sp³-hybridized carbons (Fsp3) is 0.941. The molecule has 4 heteroatoms. The van der Waals surface area contributed by atoms with Gasteiger partial charge in [-0.2, -0.15) is 0 Å². The van der Waals surface area contributed by atoms with Gasteiger partial charge >= 0.3 is 0 Å². The third-order valence-electron chi connectivity index (χ3n) is 5.75. The van der Waals surface area contributed by atoms with Gasteiger partial charge in [0.2, 0.25) is 5.91 Å². The lowest BCUT2D eigenvalue weighted by molar-refractivity contribution is -0.134. The Bertz CT molecular complexity index is 317. The second-order valence-electron chi connectivity index (χ2n) is 7.13. The summed E-state index contributed by atoms with van der Waals surface area (Å²) >= 11 is 0. The van der Waals surface area contributed by atoms with Crippen LogP contribution in [-0.4, -0.2) is 36.5 Å². The fourth-order valence-electron chi connectivity index (χ4n) is 4.43. The second-order valence-corrected chi connectivity index (χ2v) is 7.13. The van der Waals surface area contributed by atoms with Crippen molar-refractivity contribution in [3.63, 3.8) is 0 Å². The fourth-order valence-corrected chi connectivity index (χ4v) is 4.43. The summed E-state index contributed by atoms with van der Waals surface area (Å²) in [4.78, 5) is 14.6. The normalized spacial score (nSPS) is 28.4. The van der Waals surface area contributed by atoms with Crippen molar-refractivity contribution < 1.29 is 4.79 Å². The second kappa shape index (κ2) is 8.38. The number of hydrogen-bond donors (Lipinski definition) is 1. The summed E-state index contributed by atoms with van der Waals surface area (Å²) in [6.07, 6.45) is 12.6. The predicted molar refractivity (Wildman–Crippen MR) is 88.8 cm³/mol. The summed E-state index contributed by atoms with van der Waals surface area (Å²) in [5.41, 5.74) is 0. The Morgan fingerprint density at radius 1 is 0.952 bits per heavy atom. The largest absolute Gasteiger partial charge is 0.343 e. The van der Waals surface area contributed by atoms with Crippen LogP contribution >= 0.6 is 12.4 Å². The highest BCUT2D eigenvalue weighted by atomic mass is 35.5. The van der Waals surface area contributed by atoms with Crippen LogP contribution in [0.4, 0.5) is 0 Å². The number of nitrogens with one attached hydrogen (secondary N) is 1. The molecule has 0 aromatic rings. The smallest absolute Gasteiger partial charge is 0.222 e. The van der Waals surface area contributed by atoms with E-state index in [4.69, 9.17) is 0 Å². The van der Waals surface area contributed by atoms with Crippen molar-refractivity contribution in [2.75, 3.05) is 19.6 Å². The molecule has 1 unspecified atom stereocenters. The molecule has 0 aromatic carbocycles. The van der Waals surface area contributed by atoms with Crippen LogP contribution in [0.15, 0.2) is 0 Å². The Morgan fingerprint density at radius 3 is 2.29 bits per heavy atom. The molecule has 2 saturated heterocycles. The topological polar surface area (TPSA) is 32.3 Å². The summed E-state index contributed by atoms with van der Waals surface area (Å²) in [5, 5.41) is 3.63.